The van der Waals surface area contributed by atoms with Crippen molar-refractivity contribution in [3.8, 4) is 0 Å². The molecule has 0 bridgehead atoms. The van der Waals surface area contributed by atoms with Crippen LogP contribution in [0.25, 0.3) is 0 Å². The van der Waals surface area contributed by atoms with Crippen LogP contribution < -0.4 is 0 Å². The van der Waals surface area contributed by atoms with E-state index in [0.717, 1.165) is 23.3 Å². The number of esters is 1. The molecule has 1 atom stereocenters. The van der Waals surface area contributed by atoms with E-state index in [4.69, 9.17) is 4.74 Å². The fourth-order valence-electron chi connectivity index (χ4n) is 1.58. The van der Waals surface area contributed by atoms with Crippen LogP contribution in [0.4, 0.5) is 0 Å². The summed E-state index contributed by atoms with van der Waals surface area (Å²) < 4.78 is 5.29. The second-order valence-corrected chi connectivity index (χ2v) is 4.07. The van der Waals surface area contributed by atoms with E-state index in [9.17, 15) is 4.79 Å². The lowest BCUT2D eigenvalue weighted by Crippen LogP contribution is -2.09. The number of carbonyl (C=O) groups excluding carboxylic acids is 1. The third-order valence-corrected chi connectivity index (χ3v) is 3.15. The highest BCUT2D eigenvalue weighted by Crippen LogP contribution is 2.34. The zero-order chi connectivity index (χ0) is 10.6. The minimum absolute atomic E-state index is 0.00236. The summed E-state index contributed by atoms with van der Waals surface area (Å²) in [6.45, 7) is 5.74. The highest BCUT2D eigenvalue weighted by atomic mass is 32.2. The average Bonchev–Trinajstić information content (AvgIpc) is 2.44. The average molecular weight is 212 g/mol. The Labute approximate surface area is 89.4 Å². The molecule has 0 saturated carbocycles. The third-order valence-electron chi connectivity index (χ3n) is 2.20. The lowest BCUT2D eigenvalue weighted by Gasteiger charge is -2.10. The Balaban J connectivity index is 2.85. The molecule has 78 valence electrons. The van der Waals surface area contributed by atoms with Gasteiger partial charge < -0.3 is 4.74 Å². The van der Waals surface area contributed by atoms with Crippen LogP contribution in [0.5, 0.6) is 0 Å². The number of thioether (sulfide) groups is 1. The van der Waals surface area contributed by atoms with E-state index in [-0.39, 0.29) is 12.1 Å². The summed E-state index contributed by atoms with van der Waals surface area (Å²) >= 11 is 1.62. The highest BCUT2D eigenvalue weighted by Gasteiger charge is 2.31. The second-order valence-electron chi connectivity index (χ2n) is 3.22. The van der Waals surface area contributed by atoms with E-state index in [1.165, 1.54) is 0 Å². The van der Waals surface area contributed by atoms with Crippen molar-refractivity contribution in [3.63, 3.8) is 0 Å². The summed E-state index contributed by atoms with van der Waals surface area (Å²) in [6.07, 6.45) is 6.31. The minimum Gasteiger partial charge on any atom is -0.454 e. The monoisotopic (exact) mass is 212 g/mol. The van der Waals surface area contributed by atoms with Crippen LogP contribution in [-0.4, -0.2) is 18.3 Å². The molecule has 0 amide bonds. The van der Waals surface area contributed by atoms with Crippen molar-refractivity contribution >= 4 is 17.7 Å². The molecule has 0 N–H and O–H groups in total. The maximum absolute atomic E-state index is 11.5. The van der Waals surface area contributed by atoms with E-state index in [0.29, 0.717) is 6.42 Å². The summed E-state index contributed by atoms with van der Waals surface area (Å²) in [6, 6.07) is 0. The Bertz CT molecular complexity index is 268. The molecule has 1 unspecified atom stereocenters. The molecule has 1 aliphatic heterocycles. The number of rotatable bonds is 5. The molecule has 0 aliphatic carbocycles. The minimum atomic E-state index is -0.160. The van der Waals surface area contributed by atoms with Crippen LogP contribution >= 0.6 is 11.8 Å². The molecule has 0 saturated heterocycles. The Morgan fingerprint density at radius 2 is 2.36 bits per heavy atom. The lowest BCUT2D eigenvalue weighted by molar-refractivity contribution is -0.139. The molecule has 2 nitrogen and oxygen atoms in total. The normalized spacial score (nSPS) is 21.3. The molecule has 14 heavy (non-hydrogen) atoms. The van der Waals surface area contributed by atoms with E-state index in [2.05, 4.69) is 13.5 Å². The molecular formula is C11H16O2S. The number of hydrogen-bond donors (Lipinski definition) is 0. The largest absolute Gasteiger partial charge is 0.454 e. The van der Waals surface area contributed by atoms with E-state index in [1.807, 2.05) is 6.26 Å². The standard InChI is InChI=1S/C11H16O2S/c1-4-6-8-10(14-3)9(7-5-2)13-11(8)12/h4,9H,1,5-7H2,2-3H3. The first-order valence-corrected chi connectivity index (χ1v) is 6.06. The molecule has 0 aromatic heterocycles. The van der Waals surface area contributed by atoms with E-state index in [1.54, 1.807) is 17.8 Å². The number of carbonyl (C=O) groups is 1. The van der Waals surface area contributed by atoms with Crippen molar-refractivity contribution in [1.29, 1.82) is 0 Å². The molecule has 1 rings (SSSR count). The molecule has 1 heterocycles. The van der Waals surface area contributed by atoms with Gasteiger partial charge in [-0.15, -0.1) is 18.3 Å². The van der Waals surface area contributed by atoms with Gasteiger partial charge >= 0.3 is 5.97 Å². The van der Waals surface area contributed by atoms with Gasteiger partial charge in [-0.2, -0.15) is 0 Å². The Morgan fingerprint density at radius 1 is 1.64 bits per heavy atom. The summed E-state index contributed by atoms with van der Waals surface area (Å²) in [5.74, 6) is -0.160. The van der Waals surface area contributed by atoms with Crippen molar-refractivity contribution in [2.45, 2.75) is 32.3 Å². The van der Waals surface area contributed by atoms with Crippen molar-refractivity contribution < 1.29 is 9.53 Å². The fourth-order valence-corrected chi connectivity index (χ4v) is 2.43. The molecule has 0 aromatic rings. The molecule has 0 aromatic carbocycles. The number of cyclic esters (lactones) is 1. The smallest absolute Gasteiger partial charge is 0.335 e. The highest BCUT2D eigenvalue weighted by molar-refractivity contribution is 8.02. The van der Waals surface area contributed by atoms with Crippen molar-refractivity contribution in [1.82, 2.24) is 0 Å². The van der Waals surface area contributed by atoms with Gasteiger partial charge in [0.05, 0.1) is 5.57 Å². The van der Waals surface area contributed by atoms with Gasteiger partial charge in [0, 0.05) is 4.91 Å². The number of ether oxygens (including phenoxy) is 1. The molecule has 0 spiro atoms. The molecule has 0 fully saturated rings. The molecule has 3 heteroatoms. The predicted molar refractivity (Wildman–Crippen MR) is 60.1 cm³/mol. The van der Waals surface area contributed by atoms with Gasteiger partial charge in [-0.3, -0.25) is 0 Å². The van der Waals surface area contributed by atoms with E-state index < -0.39 is 0 Å². The maximum atomic E-state index is 11.5. The Hall–Kier alpha value is -0.700. The third kappa shape index (κ3) is 2.21. The van der Waals surface area contributed by atoms with E-state index >= 15 is 0 Å². The quantitative estimate of drug-likeness (QED) is 0.518. The number of allylic oxidation sites excluding steroid dienone is 1. The Kier molecular flexibility index (Phi) is 4.26. The first-order chi connectivity index (χ1) is 6.74. The van der Waals surface area contributed by atoms with Crippen LogP contribution in [0.3, 0.4) is 0 Å². The molecule has 1 aliphatic rings. The van der Waals surface area contributed by atoms with Gasteiger partial charge in [-0.1, -0.05) is 19.4 Å². The zero-order valence-corrected chi connectivity index (χ0v) is 9.52. The van der Waals surface area contributed by atoms with Gasteiger partial charge in [0.25, 0.3) is 0 Å². The van der Waals surface area contributed by atoms with Gasteiger partial charge in [-0.25, -0.2) is 4.79 Å². The molecule has 0 radical (unpaired) electrons. The van der Waals surface area contributed by atoms with Gasteiger partial charge in [-0.05, 0) is 19.1 Å². The SMILES string of the molecule is C=CCC1=C(SC)C(CCC)OC1=O. The van der Waals surface area contributed by atoms with Gasteiger partial charge in [0.2, 0.25) is 0 Å². The van der Waals surface area contributed by atoms with Crippen LogP contribution in [0.2, 0.25) is 0 Å². The topological polar surface area (TPSA) is 26.3 Å². The fraction of sp³-hybridized carbons (Fsp3) is 0.545. The first kappa shape index (κ1) is 11.4. The van der Waals surface area contributed by atoms with Crippen molar-refractivity contribution in [3.05, 3.63) is 23.1 Å². The van der Waals surface area contributed by atoms with Crippen molar-refractivity contribution in [2.24, 2.45) is 0 Å². The summed E-state index contributed by atoms with van der Waals surface area (Å²) in [5.41, 5.74) is 0.797. The first-order valence-electron chi connectivity index (χ1n) is 4.83. The Morgan fingerprint density at radius 3 is 2.86 bits per heavy atom. The van der Waals surface area contributed by atoms with Gasteiger partial charge in [0.1, 0.15) is 6.10 Å². The van der Waals surface area contributed by atoms with Gasteiger partial charge in [0.15, 0.2) is 0 Å². The van der Waals surface area contributed by atoms with Crippen molar-refractivity contribution in [2.75, 3.05) is 6.26 Å². The summed E-state index contributed by atoms with van der Waals surface area (Å²) in [7, 11) is 0. The molecular weight excluding hydrogens is 196 g/mol. The predicted octanol–water partition coefficient (Wildman–Crippen LogP) is 2.91. The van der Waals surface area contributed by atoms with Crippen LogP contribution in [0, 0.1) is 0 Å². The van der Waals surface area contributed by atoms with Crippen LogP contribution in [0.1, 0.15) is 26.2 Å². The van der Waals surface area contributed by atoms with Crippen LogP contribution in [-0.2, 0) is 9.53 Å². The summed E-state index contributed by atoms with van der Waals surface area (Å²) in [4.78, 5) is 12.6. The van der Waals surface area contributed by atoms with Crippen LogP contribution in [0.15, 0.2) is 23.1 Å². The lowest BCUT2D eigenvalue weighted by atomic mass is 10.1. The number of hydrogen-bond acceptors (Lipinski definition) is 3. The maximum Gasteiger partial charge on any atom is 0.335 e. The zero-order valence-electron chi connectivity index (χ0n) is 8.71. The summed E-state index contributed by atoms with van der Waals surface area (Å²) in [5, 5.41) is 0. The second kappa shape index (κ2) is 5.25.